The summed E-state index contributed by atoms with van der Waals surface area (Å²) in [5, 5.41) is 12.8. The smallest absolute Gasteiger partial charge is 0.368 e. The van der Waals surface area contributed by atoms with Gasteiger partial charge < -0.3 is 4.74 Å². The lowest BCUT2D eigenvalue weighted by Crippen LogP contribution is -2.23. The summed E-state index contributed by atoms with van der Waals surface area (Å²) in [6, 6.07) is 11.2. The van der Waals surface area contributed by atoms with Gasteiger partial charge in [0.2, 0.25) is 0 Å². The average molecular weight is 551 g/mol. The molecule has 4 rings (SSSR count). The van der Waals surface area contributed by atoms with E-state index in [2.05, 4.69) is 38.1 Å². The molecular formula is C21H20ClIN6O2. The van der Waals surface area contributed by atoms with Crippen LogP contribution in [0.5, 0.6) is 5.75 Å². The summed E-state index contributed by atoms with van der Waals surface area (Å²) in [6.45, 7) is 6.18. The predicted octanol–water partition coefficient (Wildman–Crippen LogP) is 3.91. The first-order valence-electron chi connectivity index (χ1n) is 9.50. The molecule has 4 aromatic rings. The Kier molecular flexibility index (Phi) is 5.89. The molecule has 0 bridgehead atoms. The molecule has 160 valence electrons. The Morgan fingerprint density at radius 3 is 2.48 bits per heavy atom. The standard InChI is InChI=1S/C21H20ClIN6O2/c1-12-6-5-7-18(29-21(30)27(4)25-26-29)16(12)11-31-19-9-8-15(10-17(19)22)28-14(3)20(23)13(2)24-28/h5-10H,11H2,1-4H3. The molecule has 0 saturated heterocycles. The molecule has 0 aliphatic carbocycles. The summed E-state index contributed by atoms with van der Waals surface area (Å²) in [5.74, 6) is 0.544. The summed E-state index contributed by atoms with van der Waals surface area (Å²) in [7, 11) is 1.56. The van der Waals surface area contributed by atoms with Gasteiger partial charge in [0.05, 0.1) is 31.4 Å². The van der Waals surface area contributed by atoms with Crippen LogP contribution in [0, 0.1) is 24.3 Å². The molecular weight excluding hydrogens is 531 g/mol. The summed E-state index contributed by atoms with van der Waals surface area (Å²) >= 11 is 8.81. The van der Waals surface area contributed by atoms with Gasteiger partial charge in [-0.1, -0.05) is 23.7 Å². The van der Waals surface area contributed by atoms with Crippen molar-refractivity contribution in [2.24, 2.45) is 7.05 Å². The Morgan fingerprint density at radius 2 is 1.87 bits per heavy atom. The molecule has 0 atom stereocenters. The van der Waals surface area contributed by atoms with Gasteiger partial charge >= 0.3 is 5.69 Å². The number of nitrogens with zero attached hydrogens (tertiary/aromatic N) is 6. The maximum absolute atomic E-state index is 12.3. The molecule has 0 aliphatic rings. The van der Waals surface area contributed by atoms with Gasteiger partial charge in [0.15, 0.2) is 0 Å². The topological polar surface area (TPSA) is 79.8 Å². The van der Waals surface area contributed by atoms with Crippen molar-refractivity contribution < 1.29 is 4.74 Å². The first-order chi connectivity index (χ1) is 14.8. The highest BCUT2D eigenvalue weighted by Crippen LogP contribution is 2.30. The predicted molar refractivity (Wildman–Crippen MR) is 126 cm³/mol. The van der Waals surface area contributed by atoms with E-state index in [0.717, 1.165) is 31.8 Å². The van der Waals surface area contributed by atoms with Gasteiger partial charge in [-0.25, -0.2) is 9.48 Å². The van der Waals surface area contributed by atoms with Crippen LogP contribution in [0.25, 0.3) is 11.4 Å². The molecule has 0 fully saturated rings. The zero-order valence-electron chi connectivity index (χ0n) is 17.4. The molecule has 0 N–H and O–H groups in total. The Morgan fingerprint density at radius 1 is 1.10 bits per heavy atom. The fraction of sp³-hybridized carbons (Fsp3) is 0.238. The minimum atomic E-state index is -0.325. The number of tetrazole rings is 1. The number of halogens is 2. The average Bonchev–Trinajstić information content (AvgIpc) is 3.21. The lowest BCUT2D eigenvalue weighted by Gasteiger charge is -2.14. The molecule has 2 aromatic heterocycles. The molecule has 10 heteroatoms. The Hall–Kier alpha value is -2.66. The maximum Gasteiger partial charge on any atom is 0.368 e. The quantitative estimate of drug-likeness (QED) is 0.352. The van der Waals surface area contributed by atoms with E-state index in [9.17, 15) is 4.79 Å². The number of rotatable bonds is 5. The number of benzene rings is 2. The van der Waals surface area contributed by atoms with Crippen molar-refractivity contribution in [2.45, 2.75) is 27.4 Å². The largest absolute Gasteiger partial charge is 0.487 e. The minimum absolute atomic E-state index is 0.224. The van der Waals surface area contributed by atoms with Crippen LogP contribution in [0.1, 0.15) is 22.5 Å². The van der Waals surface area contributed by atoms with Crippen LogP contribution in [-0.4, -0.2) is 29.6 Å². The number of ether oxygens (including phenoxy) is 1. The van der Waals surface area contributed by atoms with Crippen LogP contribution in [0.3, 0.4) is 0 Å². The molecule has 8 nitrogen and oxygen atoms in total. The summed E-state index contributed by atoms with van der Waals surface area (Å²) in [4.78, 5) is 12.3. The SMILES string of the molecule is Cc1cccc(-n2nnn(C)c2=O)c1COc1ccc(-n2nc(C)c(I)c2C)cc1Cl. The third-order valence-electron chi connectivity index (χ3n) is 5.07. The Bertz CT molecular complexity index is 1340. The number of hydrogen-bond acceptors (Lipinski definition) is 5. The molecule has 0 spiro atoms. The van der Waals surface area contributed by atoms with Crippen molar-refractivity contribution in [1.29, 1.82) is 0 Å². The zero-order valence-corrected chi connectivity index (χ0v) is 20.3. The zero-order chi connectivity index (χ0) is 22.3. The molecule has 0 aliphatic heterocycles. The Labute approximate surface area is 197 Å². The highest BCUT2D eigenvalue weighted by molar-refractivity contribution is 14.1. The van der Waals surface area contributed by atoms with Crippen molar-refractivity contribution >= 4 is 34.2 Å². The van der Waals surface area contributed by atoms with E-state index >= 15 is 0 Å². The Balaban J connectivity index is 1.63. The van der Waals surface area contributed by atoms with Gasteiger partial charge in [-0.05, 0) is 83.6 Å². The van der Waals surface area contributed by atoms with Gasteiger partial charge in [0.25, 0.3) is 0 Å². The summed E-state index contributed by atoms with van der Waals surface area (Å²) < 4.78 is 11.5. The molecule has 0 unspecified atom stereocenters. The van der Waals surface area contributed by atoms with Crippen LogP contribution in [0.2, 0.25) is 5.02 Å². The van der Waals surface area contributed by atoms with E-state index in [0.29, 0.717) is 16.5 Å². The second-order valence-electron chi connectivity index (χ2n) is 7.17. The normalized spacial score (nSPS) is 11.2. The number of hydrogen-bond donors (Lipinski definition) is 0. The fourth-order valence-electron chi connectivity index (χ4n) is 3.30. The van der Waals surface area contributed by atoms with Crippen molar-refractivity contribution in [3.8, 4) is 17.1 Å². The maximum atomic E-state index is 12.3. The van der Waals surface area contributed by atoms with Crippen molar-refractivity contribution in [3.05, 3.63) is 78.0 Å². The third kappa shape index (κ3) is 3.99. The molecule has 2 heterocycles. The van der Waals surface area contributed by atoms with Crippen LogP contribution in [-0.2, 0) is 13.7 Å². The van der Waals surface area contributed by atoms with Crippen molar-refractivity contribution in [2.75, 3.05) is 0 Å². The molecule has 0 amide bonds. The van der Waals surface area contributed by atoms with E-state index < -0.39 is 0 Å². The van der Waals surface area contributed by atoms with Crippen molar-refractivity contribution in [1.82, 2.24) is 29.6 Å². The van der Waals surface area contributed by atoms with E-state index in [4.69, 9.17) is 16.3 Å². The highest BCUT2D eigenvalue weighted by atomic mass is 127. The van der Waals surface area contributed by atoms with E-state index in [-0.39, 0.29) is 12.3 Å². The second kappa shape index (κ2) is 8.46. The fourth-order valence-corrected chi connectivity index (χ4v) is 3.87. The van der Waals surface area contributed by atoms with Crippen LogP contribution in [0.4, 0.5) is 0 Å². The van der Waals surface area contributed by atoms with Gasteiger partial charge in [-0.2, -0.15) is 14.5 Å². The highest BCUT2D eigenvalue weighted by Gasteiger charge is 2.15. The number of aryl methyl sites for hydroxylation is 3. The lowest BCUT2D eigenvalue weighted by molar-refractivity contribution is 0.305. The van der Waals surface area contributed by atoms with E-state index in [1.165, 1.54) is 9.36 Å². The van der Waals surface area contributed by atoms with Crippen molar-refractivity contribution in [3.63, 3.8) is 0 Å². The first-order valence-corrected chi connectivity index (χ1v) is 11.0. The van der Waals surface area contributed by atoms with Gasteiger partial charge in [0.1, 0.15) is 12.4 Å². The van der Waals surface area contributed by atoms with E-state index in [1.54, 1.807) is 7.05 Å². The van der Waals surface area contributed by atoms with Gasteiger partial charge in [0, 0.05) is 12.6 Å². The summed E-state index contributed by atoms with van der Waals surface area (Å²) in [6.07, 6.45) is 0. The van der Waals surface area contributed by atoms with Gasteiger partial charge in [-0.3, -0.25) is 0 Å². The van der Waals surface area contributed by atoms with Crippen LogP contribution < -0.4 is 10.4 Å². The van der Waals surface area contributed by atoms with E-state index in [1.807, 2.05) is 61.9 Å². The van der Waals surface area contributed by atoms with Crippen LogP contribution >= 0.6 is 34.2 Å². The molecule has 0 radical (unpaired) electrons. The minimum Gasteiger partial charge on any atom is -0.487 e. The third-order valence-corrected chi connectivity index (χ3v) is 6.93. The van der Waals surface area contributed by atoms with Crippen LogP contribution in [0.15, 0.2) is 41.2 Å². The monoisotopic (exact) mass is 550 g/mol. The first kappa shape index (κ1) is 21.6. The molecule has 31 heavy (non-hydrogen) atoms. The summed E-state index contributed by atoms with van der Waals surface area (Å²) in [5.41, 5.74) is 5.00. The molecule has 0 saturated carbocycles. The van der Waals surface area contributed by atoms with Gasteiger partial charge in [-0.15, -0.1) is 0 Å². The number of aromatic nitrogens is 6. The second-order valence-corrected chi connectivity index (χ2v) is 8.66. The lowest BCUT2D eigenvalue weighted by atomic mass is 10.1. The molecule has 2 aromatic carbocycles.